The molecule has 2 amide bonds. The molecule has 1 rings (SSSR count). The Bertz CT molecular complexity index is 238. The lowest BCUT2D eigenvalue weighted by Gasteiger charge is -2.30. The van der Waals surface area contributed by atoms with E-state index in [0.29, 0.717) is 13.0 Å². The van der Waals surface area contributed by atoms with E-state index in [1.54, 1.807) is 14.1 Å². The molecule has 1 heterocycles. The maximum absolute atomic E-state index is 11.4. The molecule has 0 aliphatic carbocycles. The maximum Gasteiger partial charge on any atom is 0.241 e. The molecule has 0 bridgehead atoms. The third kappa shape index (κ3) is 2.70. The lowest BCUT2D eigenvalue weighted by molar-refractivity contribution is -0.141. The summed E-state index contributed by atoms with van der Waals surface area (Å²) in [6, 6.07) is 0.0164. The number of hydrogen-bond donors (Lipinski definition) is 1. The van der Waals surface area contributed by atoms with Crippen LogP contribution in [0.1, 0.15) is 12.8 Å². The summed E-state index contributed by atoms with van der Waals surface area (Å²) in [7, 11) is 3.35. The first-order chi connectivity index (χ1) is 6.50. The fourth-order valence-corrected chi connectivity index (χ4v) is 1.40. The molecule has 0 radical (unpaired) electrons. The van der Waals surface area contributed by atoms with Crippen molar-refractivity contribution in [1.82, 2.24) is 9.80 Å². The van der Waals surface area contributed by atoms with Crippen LogP contribution in [0, 0.1) is 0 Å². The Labute approximate surface area is 83.8 Å². The van der Waals surface area contributed by atoms with Crippen molar-refractivity contribution >= 4 is 11.8 Å². The van der Waals surface area contributed by atoms with E-state index < -0.39 is 0 Å². The molecule has 0 aromatic carbocycles. The van der Waals surface area contributed by atoms with Crippen molar-refractivity contribution in [3.8, 4) is 0 Å². The highest BCUT2D eigenvalue weighted by molar-refractivity contribution is 5.85. The molecule has 1 aliphatic heterocycles. The van der Waals surface area contributed by atoms with E-state index >= 15 is 0 Å². The molecular formula is C9H17N3O2. The van der Waals surface area contributed by atoms with E-state index in [-0.39, 0.29) is 24.4 Å². The molecule has 0 aromatic heterocycles. The molecule has 5 heteroatoms. The molecule has 80 valence electrons. The van der Waals surface area contributed by atoms with Gasteiger partial charge in [0.1, 0.15) is 0 Å². The number of carbonyl (C=O) groups excluding carboxylic acids is 2. The molecule has 1 atom stereocenters. The summed E-state index contributed by atoms with van der Waals surface area (Å²) >= 11 is 0. The Morgan fingerprint density at radius 1 is 1.64 bits per heavy atom. The summed E-state index contributed by atoms with van der Waals surface area (Å²) in [4.78, 5) is 25.8. The van der Waals surface area contributed by atoms with E-state index in [4.69, 9.17) is 5.73 Å². The Morgan fingerprint density at radius 2 is 2.29 bits per heavy atom. The van der Waals surface area contributed by atoms with E-state index in [9.17, 15) is 9.59 Å². The van der Waals surface area contributed by atoms with Gasteiger partial charge in [-0.15, -0.1) is 0 Å². The van der Waals surface area contributed by atoms with Crippen molar-refractivity contribution in [1.29, 1.82) is 0 Å². The summed E-state index contributed by atoms with van der Waals surface area (Å²) in [6.07, 6.45) is 1.19. The first-order valence-corrected chi connectivity index (χ1v) is 4.74. The molecule has 0 spiro atoms. The van der Waals surface area contributed by atoms with Crippen LogP contribution in [-0.4, -0.2) is 54.8 Å². The van der Waals surface area contributed by atoms with Gasteiger partial charge in [0.2, 0.25) is 11.8 Å². The molecule has 1 unspecified atom stereocenters. The summed E-state index contributed by atoms with van der Waals surface area (Å²) in [5, 5.41) is 0. The second-order valence-electron chi connectivity index (χ2n) is 3.86. The topological polar surface area (TPSA) is 66.6 Å². The minimum Gasteiger partial charge on any atom is -0.347 e. The summed E-state index contributed by atoms with van der Waals surface area (Å²) in [5.74, 6) is -0.0330. The van der Waals surface area contributed by atoms with Gasteiger partial charge in [0, 0.05) is 33.1 Å². The number of likely N-dealkylation sites (N-methyl/N-ethyl adjacent to an activating group) is 1. The van der Waals surface area contributed by atoms with Crippen molar-refractivity contribution in [2.75, 3.05) is 27.2 Å². The number of amides is 2. The molecule has 1 aliphatic rings. The van der Waals surface area contributed by atoms with Crippen molar-refractivity contribution < 1.29 is 9.59 Å². The van der Waals surface area contributed by atoms with Gasteiger partial charge in [-0.1, -0.05) is 0 Å². The maximum atomic E-state index is 11.4. The fraction of sp³-hybridized carbons (Fsp3) is 0.778. The quantitative estimate of drug-likeness (QED) is 0.622. The van der Waals surface area contributed by atoms with Crippen LogP contribution in [0.5, 0.6) is 0 Å². The Balaban J connectivity index is 2.49. The number of rotatable bonds is 2. The average molecular weight is 199 g/mol. The van der Waals surface area contributed by atoms with Gasteiger partial charge in [-0.2, -0.15) is 0 Å². The normalized spacial score (nSPS) is 22.4. The third-order valence-corrected chi connectivity index (χ3v) is 2.36. The van der Waals surface area contributed by atoms with Gasteiger partial charge in [0.15, 0.2) is 0 Å². The third-order valence-electron chi connectivity index (χ3n) is 2.36. The Morgan fingerprint density at radius 3 is 2.86 bits per heavy atom. The number of nitrogens with zero attached hydrogens (tertiary/aromatic N) is 2. The lowest BCUT2D eigenvalue weighted by atomic mass is 10.1. The van der Waals surface area contributed by atoms with Crippen LogP contribution in [0.4, 0.5) is 0 Å². The van der Waals surface area contributed by atoms with E-state index in [1.165, 1.54) is 9.80 Å². The van der Waals surface area contributed by atoms with Crippen molar-refractivity contribution in [3.63, 3.8) is 0 Å². The van der Waals surface area contributed by atoms with Gasteiger partial charge in [0.05, 0.1) is 6.54 Å². The molecular weight excluding hydrogens is 182 g/mol. The summed E-state index contributed by atoms with van der Waals surface area (Å²) in [5.41, 5.74) is 5.72. The summed E-state index contributed by atoms with van der Waals surface area (Å²) in [6.45, 7) is 0.651. The number of nitrogens with two attached hydrogens (primary N) is 1. The molecule has 0 saturated carbocycles. The molecule has 1 saturated heterocycles. The fourth-order valence-electron chi connectivity index (χ4n) is 1.40. The van der Waals surface area contributed by atoms with E-state index in [0.717, 1.165) is 6.42 Å². The van der Waals surface area contributed by atoms with Crippen molar-refractivity contribution in [2.24, 2.45) is 5.73 Å². The minimum absolute atomic E-state index is 0.0164. The first-order valence-electron chi connectivity index (χ1n) is 4.74. The Hall–Kier alpha value is -1.10. The molecule has 14 heavy (non-hydrogen) atoms. The number of likely N-dealkylation sites (tertiary alicyclic amines) is 1. The number of piperidine rings is 1. The second-order valence-corrected chi connectivity index (χ2v) is 3.86. The van der Waals surface area contributed by atoms with Gasteiger partial charge in [0.25, 0.3) is 0 Å². The van der Waals surface area contributed by atoms with E-state index in [2.05, 4.69) is 0 Å². The highest BCUT2D eigenvalue weighted by Crippen LogP contribution is 2.09. The minimum atomic E-state index is -0.0625. The molecule has 1 fully saturated rings. The SMILES string of the molecule is CN(C)C(=O)CN1CC(N)CCC1=O. The highest BCUT2D eigenvalue weighted by atomic mass is 16.2. The zero-order chi connectivity index (χ0) is 10.7. The molecule has 5 nitrogen and oxygen atoms in total. The lowest BCUT2D eigenvalue weighted by Crippen LogP contribution is -2.49. The van der Waals surface area contributed by atoms with Crippen LogP contribution in [0.2, 0.25) is 0 Å². The number of hydrogen-bond acceptors (Lipinski definition) is 3. The van der Waals surface area contributed by atoms with Crippen LogP contribution in [0.3, 0.4) is 0 Å². The van der Waals surface area contributed by atoms with Crippen LogP contribution < -0.4 is 5.73 Å². The van der Waals surface area contributed by atoms with Crippen LogP contribution in [0.15, 0.2) is 0 Å². The average Bonchev–Trinajstić information content (AvgIpc) is 2.11. The smallest absolute Gasteiger partial charge is 0.241 e. The van der Waals surface area contributed by atoms with Crippen LogP contribution >= 0.6 is 0 Å². The standard InChI is InChI=1S/C9H17N3O2/c1-11(2)9(14)6-12-5-7(10)3-4-8(12)13/h7H,3-6,10H2,1-2H3. The second kappa shape index (κ2) is 4.41. The zero-order valence-electron chi connectivity index (χ0n) is 8.69. The van der Waals surface area contributed by atoms with Crippen LogP contribution in [-0.2, 0) is 9.59 Å². The van der Waals surface area contributed by atoms with Gasteiger partial charge in [-0.05, 0) is 6.42 Å². The van der Waals surface area contributed by atoms with Gasteiger partial charge in [-0.3, -0.25) is 9.59 Å². The van der Waals surface area contributed by atoms with Crippen LogP contribution in [0.25, 0.3) is 0 Å². The monoisotopic (exact) mass is 199 g/mol. The zero-order valence-corrected chi connectivity index (χ0v) is 8.69. The number of carbonyl (C=O) groups is 2. The predicted octanol–water partition coefficient (Wildman–Crippen LogP) is -0.976. The summed E-state index contributed by atoms with van der Waals surface area (Å²) < 4.78 is 0. The van der Waals surface area contributed by atoms with Crippen molar-refractivity contribution in [3.05, 3.63) is 0 Å². The first kappa shape index (κ1) is 11.0. The van der Waals surface area contributed by atoms with Gasteiger partial charge >= 0.3 is 0 Å². The van der Waals surface area contributed by atoms with Gasteiger partial charge in [-0.25, -0.2) is 0 Å². The molecule has 0 aromatic rings. The molecule has 2 N–H and O–H groups in total. The van der Waals surface area contributed by atoms with Crippen molar-refractivity contribution in [2.45, 2.75) is 18.9 Å². The van der Waals surface area contributed by atoms with E-state index in [1.807, 2.05) is 0 Å². The highest BCUT2D eigenvalue weighted by Gasteiger charge is 2.25. The Kier molecular flexibility index (Phi) is 3.46. The predicted molar refractivity (Wildman–Crippen MR) is 52.5 cm³/mol. The largest absolute Gasteiger partial charge is 0.347 e. The van der Waals surface area contributed by atoms with Gasteiger partial charge < -0.3 is 15.5 Å².